The number of esters is 1. The van der Waals surface area contributed by atoms with Gasteiger partial charge in [-0.2, -0.15) is 26.3 Å². The number of halogens is 6. The van der Waals surface area contributed by atoms with Gasteiger partial charge in [-0.05, 0) is 29.8 Å². The van der Waals surface area contributed by atoms with Crippen molar-refractivity contribution in [2.45, 2.75) is 19.3 Å². The summed E-state index contributed by atoms with van der Waals surface area (Å²) in [5, 5.41) is 0. The Morgan fingerprint density at radius 3 is 1.85 bits per heavy atom. The Morgan fingerprint density at radius 2 is 1.44 bits per heavy atom. The summed E-state index contributed by atoms with van der Waals surface area (Å²) >= 11 is 0. The topological polar surface area (TPSA) is 69.4 Å². The quantitative estimate of drug-likeness (QED) is 0.479. The third kappa shape index (κ3) is 4.57. The smallest absolute Gasteiger partial charge is 0.416 e. The molecule has 0 aromatic heterocycles. The molecule has 0 atom stereocenters. The van der Waals surface area contributed by atoms with Crippen LogP contribution in [-0.2, 0) is 17.1 Å². The number of amides is 1. The Labute approximate surface area is 148 Å². The molecule has 0 saturated heterocycles. The lowest BCUT2D eigenvalue weighted by Crippen LogP contribution is -2.15. The number of para-hydroxylation sites is 1. The molecule has 0 bridgehead atoms. The zero-order valence-corrected chi connectivity index (χ0v) is 13.5. The molecule has 144 valence electrons. The summed E-state index contributed by atoms with van der Waals surface area (Å²) in [4.78, 5) is 22.8. The molecule has 2 aromatic carbocycles. The van der Waals surface area contributed by atoms with Crippen LogP contribution in [-0.4, -0.2) is 11.9 Å². The van der Waals surface area contributed by atoms with Gasteiger partial charge in [0.1, 0.15) is 0 Å². The third-order valence-electron chi connectivity index (χ3n) is 3.42. The summed E-state index contributed by atoms with van der Waals surface area (Å²) in [5.74, 6) is -2.53. The van der Waals surface area contributed by atoms with Crippen molar-refractivity contribution in [2.24, 2.45) is 5.73 Å². The van der Waals surface area contributed by atoms with Gasteiger partial charge in [-0.15, -0.1) is 0 Å². The first-order chi connectivity index (χ1) is 12.3. The second-order valence-electron chi connectivity index (χ2n) is 5.43. The van der Waals surface area contributed by atoms with Crippen molar-refractivity contribution in [2.75, 3.05) is 0 Å². The van der Waals surface area contributed by atoms with Gasteiger partial charge in [0, 0.05) is 12.5 Å². The number of hydrogen-bond acceptors (Lipinski definition) is 3. The highest BCUT2D eigenvalue weighted by Crippen LogP contribution is 2.41. The first-order valence-corrected chi connectivity index (χ1v) is 7.22. The van der Waals surface area contributed by atoms with Gasteiger partial charge in [0.15, 0.2) is 5.75 Å². The van der Waals surface area contributed by atoms with Crippen molar-refractivity contribution >= 4 is 11.9 Å². The van der Waals surface area contributed by atoms with E-state index in [1.807, 2.05) is 0 Å². The molecule has 2 rings (SSSR count). The second-order valence-corrected chi connectivity index (χ2v) is 5.43. The Hall–Kier alpha value is -3.04. The maximum Gasteiger partial charge on any atom is 0.416 e. The van der Waals surface area contributed by atoms with Crippen molar-refractivity contribution in [3.63, 3.8) is 0 Å². The van der Waals surface area contributed by atoms with E-state index in [2.05, 4.69) is 0 Å². The van der Waals surface area contributed by atoms with Crippen molar-refractivity contribution in [3.8, 4) is 16.9 Å². The molecule has 0 unspecified atom stereocenters. The number of rotatable bonds is 3. The summed E-state index contributed by atoms with van der Waals surface area (Å²) < 4.78 is 83.1. The number of nitrogens with two attached hydrogens (primary N) is 1. The van der Waals surface area contributed by atoms with Crippen LogP contribution in [0.2, 0.25) is 0 Å². The normalized spacial score (nSPS) is 12.0. The minimum absolute atomic E-state index is 0.0348. The van der Waals surface area contributed by atoms with Crippen LogP contribution < -0.4 is 10.5 Å². The SMILES string of the molecule is CC(=O)Oc1c(C(N)=O)cccc1-c1cc(C(F)(F)F)cc(C(F)(F)F)c1. The second kappa shape index (κ2) is 6.93. The highest BCUT2D eigenvalue weighted by atomic mass is 19.4. The van der Waals surface area contributed by atoms with Gasteiger partial charge >= 0.3 is 18.3 Å². The third-order valence-corrected chi connectivity index (χ3v) is 3.42. The monoisotopic (exact) mass is 391 g/mol. The molecule has 0 fully saturated rings. The van der Waals surface area contributed by atoms with Crippen molar-refractivity contribution in [1.82, 2.24) is 0 Å². The number of ether oxygens (including phenoxy) is 1. The Morgan fingerprint density at radius 1 is 0.926 bits per heavy atom. The van der Waals surface area contributed by atoms with E-state index in [-0.39, 0.29) is 17.2 Å². The Balaban J connectivity index is 2.83. The van der Waals surface area contributed by atoms with Crippen LogP contribution in [0.3, 0.4) is 0 Å². The largest absolute Gasteiger partial charge is 0.425 e. The fourth-order valence-electron chi connectivity index (χ4n) is 2.32. The van der Waals surface area contributed by atoms with Gasteiger partial charge < -0.3 is 10.5 Å². The fraction of sp³-hybridized carbons (Fsp3) is 0.176. The Kier molecular flexibility index (Phi) is 5.21. The van der Waals surface area contributed by atoms with Gasteiger partial charge in [-0.25, -0.2) is 0 Å². The summed E-state index contributed by atoms with van der Waals surface area (Å²) in [6.07, 6.45) is -10.1. The Bertz CT molecular complexity index is 870. The predicted octanol–water partition coefficient (Wildman–Crippen LogP) is 4.42. The van der Waals surface area contributed by atoms with E-state index in [9.17, 15) is 35.9 Å². The maximum absolute atomic E-state index is 13.0. The number of alkyl halides is 6. The zero-order valence-electron chi connectivity index (χ0n) is 13.5. The van der Waals surface area contributed by atoms with Crippen LogP contribution in [0.1, 0.15) is 28.4 Å². The molecular formula is C17H11F6NO3. The lowest BCUT2D eigenvalue weighted by atomic mass is 9.96. The lowest BCUT2D eigenvalue weighted by molar-refractivity contribution is -0.143. The molecule has 10 heteroatoms. The van der Waals surface area contributed by atoms with E-state index in [0.29, 0.717) is 12.1 Å². The molecule has 0 radical (unpaired) electrons. The molecule has 0 saturated carbocycles. The van der Waals surface area contributed by atoms with Gasteiger partial charge in [0.25, 0.3) is 5.91 Å². The van der Waals surface area contributed by atoms with Gasteiger partial charge in [0.2, 0.25) is 0 Å². The van der Waals surface area contributed by atoms with Gasteiger partial charge in [-0.1, -0.05) is 12.1 Å². The number of carbonyl (C=O) groups is 2. The number of hydrogen-bond donors (Lipinski definition) is 1. The van der Waals surface area contributed by atoms with E-state index >= 15 is 0 Å². The molecule has 2 N–H and O–H groups in total. The molecule has 1 amide bonds. The van der Waals surface area contributed by atoms with Crippen LogP contribution in [0, 0.1) is 0 Å². The minimum atomic E-state index is -5.06. The average Bonchev–Trinajstić information content (AvgIpc) is 2.52. The minimum Gasteiger partial charge on any atom is -0.425 e. The number of carbonyl (C=O) groups excluding carboxylic acids is 2. The van der Waals surface area contributed by atoms with Crippen LogP contribution in [0.25, 0.3) is 11.1 Å². The van der Waals surface area contributed by atoms with Crippen molar-refractivity contribution < 1.29 is 40.7 Å². The van der Waals surface area contributed by atoms with Crippen molar-refractivity contribution in [3.05, 3.63) is 53.1 Å². The number of primary amides is 1. The highest BCUT2D eigenvalue weighted by molar-refractivity contribution is 5.99. The van der Waals surface area contributed by atoms with E-state index < -0.39 is 46.7 Å². The maximum atomic E-state index is 13.0. The highest BCUT2D eigenvalue weighted by Gasteiger charge is 2.37. The molecule has 0 spiro atoms. The van der Waals surface area contributed by atoms with Crippen LogP contribution in [0.4, 0.5) is 26.3 Å². The van der Waals surface area contributed by atoms with Gasteiger partial charge in [-0.3, -0.25) is 9.59 Å². The summed E-state index contributed by atoms with van der Waals surface area (Å²) in [5.41, 5.74) is 0.811. The first-order valence-electron chi connectivity index (χ1n) is 7.22. The number of benzene rings is 2. The molecule has 0 heterocycles. The predicted molar refractivity (Wildman–Crippen MR) is 81.7 cm³/mol. The molecule has 4 nitrogen and oxygen atoms in total. The molecular weight excluding hydrogens is 380 g/mol. The van der Waals surface area contributed by atoms with Gasteiger partial charge in [0.05, 0.1) is 16.7 Å². The summed E-state index contributed by atoms with van der Waals surface area (Å²) in [7, 11) is 0. The first kappa shape index (κ1) is 20.3. The van der Waals surface area contributed by atoms with Crippen LogP contribution in [0.15, 0.2) is 36.4 Å². The lowest BCUT2D eigenvalue weighted by Gasteiger charge is -2.17. The standard InChI is InChI=1S/C17H11F6NO3/c1-8(25)27-14-12(3-2-4-13(14)15(24)26)9-5-10(16(18,19)20)7-11(6-9)17(21,22)23/h2-7H,1H3,(H2,24,26). The zero-order chi connectivity index (χ0) is 20.6. The molecule has 0 aliphatic carbocycles. The van der Waals surface area contributed by atoms with Crippen molar-refractivity contribution in [1.29, 1.82) is 0 Å². The van der Waals surface area contributed by atoms with E-state index in [0.717, 1.165) is 19.1 Å². The van der Waals surface area contributed by atoms with E-state index in [1.165, 1.54) is 6.07 Å². The van der Waals surface area contributed by atoms with E-state index in [4.69, 9.17) is 10.5 Å². The molecule has 0 aliphatic rings. The van der Waals surface area contributed by atoms with E-state index in [1.54, 1.807) is 0 Å². The van der Waals surface area contributed by atoms with Crippen LogP contribution in [0.5, 0.6) is 5.75 Å². The van der Waals surface area contributed by atoms with Crippen LogP contribution >= 0.6 is 0 Å². The molecule has 2 aromatic rings. The molecule has 27 heavy (non-hydrogen) atoms. The average molecular weight is 391 g/mol. The fourth-order valence-corrected chi connectivity index (χ4v) is 2.32. The summed E-state index contributed by atoms with van der Waals surface area (Å²) in [6, 6.07) is 4.32. The summed E-state index contributed by atoms with van der Waals surface area (Å²) in [6.45, 7) is 0.953. The molecule has 0 aliphatic heterocycles.